The van der Waals surface area contributed by atoms with Crippen molar-refractivity contribution in [1.29, 1.82) is 0 Å². The highest BCUT2D eigenvalue weighted by molar-refractivity contribution is 5.56. The Morgan fingerprint density at radius 1 is 1.18 bits per heavy atom. The van der Waals surface area contributed by atoms with Gasteiger partial charge in [0.25, 0.3) is 0 Å². The number of hydrogen-bond donors (Lipinski definition) is 1. The first-order valence-corrected chi connectivity index (χ1v) is 5.82. The molecule has 1 aromatic carbocycles. The molecule has 0 amide bonds. The third-order valence-corrected chi connectivity index (χ3v) is 2.98. The normalized spacial score (nSPS) is 11.1. The van der Waals surface area contributed by atoms with Gasteiger partial charge >= 0.3 is 0 Å². The van der Waals surface area contributed by atoms with Crippen molar-refractivity contribution in [3.63, 3.8) is 0 Å². The van der Waals surface area contributed by atoms with Gasteiger partial charge in [-0.05, 0) is 11.5 Å². The molecule has 90 valence electrons. The van der Waals surface area contributed by atoms with Crippen molar-refractivity contribution in [3.8, 4) is 11.4 Å². The van der Waals surface area contributed by atoms with E-state index in [4.69, 9.17) is 5.73 Å². The molecular weight excluding hydrogens is 212 g/mol. The highest BCUT2D eigenvalue weighted by atomic mass is 15.3. The molecular formula is C13H18N4. The minimum atomic E-state index is 0.410. The third-order valence-electron chi connectivity index (χ3n) is 2.98. The first kappa shape index (κ1) is 11.8. The second-order valence-electron chi connectivity index (χ2n) is 4.48. The fourth-order valence-corrected chi connectivity index (χ4v) is 1.81. The van der Waals surface area contributed by atoms with Crippen LogP contribution in [0.15, 0.2) is 24.3 Å². The molecule has 0 bridgehead atoms. The average molecular weight is 230 g/mol. The van der Waals surface area contributed by atoms with E-state index >= 15 is 0 Å². The number of nitrogens with zero attached hydrogens (tertiary/aromatic N) is 3. The van der Waals surface area contributed by atoms with Crippen LogP contribution in [0.1, 0.15) is 31.2 Å². The molecule has 0 fully saturated rings. The number of benzene rings is 1. The Labute approximate surface area is 101 Å². The quantitative estimate of drug-likeness (QED) is 0.878. The predicted molar refractivity (Wildman–Crippen MR) is 68.4 cm³/mol. The molecule has 0 aliphatic heterocycles. The van der Waals surface area contributed by atoms with E-state index in [0.717, 1.165) is 17.2 Å². The number of aromatic nitrogens is 3. The summed E-state index contributed by atoms with van der Waals surface area (Å²) in [4.78, 5) is 0. The molecule has 0 atom stereocenters. The molecule has 2 N–H and O–H groups in total. The first-order valence-electron chi connectivity index (χ1n) is 5.82. The second-order valence-corrected chi connectivity index (χ2v) is 4.48. The van der Waals surface area contributed by atoms with Crippen molar-refractivity contribution in [3.05, 3.63) is 35.7 Å². The Morgan fingerprint density at radius 3 is 2.29 bits per heavy atom. The van der Waals surface area contributed by atoms with Crippen LogP contribution in [0.2, 0.25) is 0 Å². The van der Waals surface area contributed by atoms with Crippen LogP contribution < -0.4 is 5.73 Å². The van der Waals surface area contributed by atoms with Crippen LogP contribution in [-0.4, -0.2) is 14.8 Å². The SMILES string of the molecule is CC(C)c1ccc(-c2nnc(CN)n2C)cc1. The fraction of sp³-hybridized carbons (Fsp3) is 0.385. The molecule has 17 heavy (non-hydrogen) atoms. The van der Waals surface area contributed by atoms with Crippen molar-refractivity contribution >= 4 is 0 Å². The number of nitrogens with two attached hydrogens (primary N) is 1. The van der Waals surface area contributed by atoms with Gasteiger partial charge in [0.1, 0.15) is 5.82 Å². The van der Waals surface area contributed by atoms with Gasteiger partial charge in [0, 0.05) is 12.6 Å². The molecule has 0 aliphatic rings. The van der Waals surface area contributed by atoms with Gasteiger partial charge in [-0.2, -0.15) is 0 Å². The number of rotatable bonds is 3. The van der Waals surface area contributed by atoms with E-state index < -0.39 is 0 Å². The van der Waals surface area contributed by atoms with Crippen molar-refractivity contribution in [2.24, 2.45) is 12.8 Å². The minimum Gasteiger partial charge on any atom is -0.324 e. The summed E-state index contributed by atoms with van der Waals surface area (Å²) in [6, 6.07) is 8.44. The Hall–Kier alpha value is -1.68. The summed E-state index contributed by atoms with van der Waals surface area (Å²) in [5, 5.41) is 8.22. The van der Waals surface area contributed by atoms with Crippen LogP contribution in [-0.2, 0) is 13.6 Å². The van der Waals surface area contributed by atoms with E-state index in [1.54, 1.807) is 0 Å². The summed E-state index contributed by atoms with van der Waals surface area (Å²) in [7, 11) is 1.94. The highest BCUT2D eigenvalue weighted by Crippen LogP contribution is 2.21. The molecule has 4 heteroatoms. The van der Waals surface area contributed by atoms with Gasteiger partial charge in [-0.15, -0.1) is 10.2 Å². The van der Waals surface area contributed by atoms with E-state index in [-0.39, 0.29) is 0 Å². The second kappa shape index (κ2) is 4.67. The zero-order valence-corrected chi connectivity index (χ0v) is 10.5. The lowest BCUT2D eigenvalue weighted by Crippen LogP contribution is -2.05. The van der Waals surface area contributed by atoms with Crippen LogP contribution in [0.4, 0.5) is 0 Å². The van der Waals surface area contributed by atoms with Crippen LogP contribution in [0.25, 0.3) is 11.4 Å². The largest absolute Gasteiger partial charge is 0.324 e. The smallest absolute Gasteiger partial charge is 0.163 e. The summed E-state index contributed by atoms with van der Waals surface area (Å²) in [6.07, 6.45) is 0. The van der Waals surface area contributed by atoms with Gasteiger partial charge in [0.15, 0.2) is 5.82 Å². The lowest BCUT2D eigenvalue weighted by atomic mass is 10.0. The van der Waals surface area contributed by atoms with Crippen molar-refractivity contribution in [2.75, 3.05) is 0 Å². The Balaban J connectivity index is 2.36. The molecule has 2 aromatic rings. The van der Waals surface area contributed by atoms with Gasteiger partial charge < -0.3 is 10.3 Å². The van der Waals surface area contributed by atoms with Crippen molar-refractivity contribution in [1.82, 2.24) is 14.8 Å². The van der Waals surface area contributed by atoms with Gasteiger partial charge in [0.05, 0.1) is 6.54 Å². The zero-order valence-electron chi connectivity index (χ0n) is 10.5. The van der Waals surface area contributed by atoms with Crippen molar-refractivity contribution < 1.29 is 0 Å². The van der Waals surface area contributed by atoms with E-state index in [1.807, 2.05) is 11.6 Å². The molecule has 2 rings (SSSR count). The van der Waals surface area contributed by atoms with Crippen molar-refractivity contribution in [2.45, 2.75) is 26.3 Å². The van der Waals surface area contributed by atoms with Gasteiger partial charge in [-0.1, -0.05) is 38.1 Å². The Bertz CT molecular complexity index is 497. The summed E-state index contributed by atoms with van der Waals surface area (Å²) < 4.78 is 1.93. The number of hydrogen-bond acceptors (Lipinski definition) is 3. The Kier molecular flexibility index (Phi) is 3.24. The van der Waals surface area contributed by atoms with Crippen LogP contribution in [0.5, 0.6) is 0 Å². The summed E-state index contributed by atoms with van der Waals surface area (Å²) >= 11 is 0. The summed E-state index contributed by atoms with van der Waals surface area (Å²) in [5.41, 5.74) is 7.98. The highest BCUT2D eigenvalue weighted by Gasteiger charge is 2.09. The first-order chi connectivity index (χ1) is 8.13. The van der Waals surface area contributed by atoms with E-state index in [0.29, 0.717) is 12.5 Å². The third kappa shape index (κ3) is 2.22. The zero-order chi connectivity index (χ0) is 12.4. The van der Waals surface area contributed by atoms with E-state index in [2.05, 4.69) is 48.3 Å². The molecule has 1 aromatic heterocycles. The van der Waals surface area contributed by atoms with Crippen LogP contribution >= 0.6 is 0 Å². The maximum Gasteiger partial charge on any atom is 0.163 e. The maximum atomic E-state index is 5.58. The molecule has 0 unspecified atom stereocenters. The van der Waals surface area contributed by atoms with Gasteiger partial charge in [0.2, 0.25) is 0 Å². The molecule has 0 saturated carbocycles. The topological polar surface area (TPSA) is 56.7 Å². The standard InChI is InChI=1S/C13H18N4/c1-9(2)10-4-6-11(7-5-10)13-16-15-12(8-14)17(13)3/h4-7,9H,8,14H2,1-3H3. The van der Waals surface area contributed by atoms with Crippen LogP contribution in [0, 0.1) is 0 Å². The summed E-state index contributed by atoms with van der Waals surface area (Å²) in [5.74, 6) is 2.21. The van der Waals surface area contributed by atoms with Gasteiger partial charge in [-0.3, -0.25) is 0 Å². The maximum absolute atomic E-state index is 5.58. The van der Waals surface area contributed by atoms with Gasteiger partial charge in [-0.25, -0.2) is 0 Å². The molecule has 0 spiro atoms. The molecule has 0 saturated heterocycles. The lowest BCUT2D eigenvalue weighted by molar-refractivity contribution is 0.796. The molecule has 1 heterocycles. The molecule has 0 radical (unpaired) electrons. The molecule has 0 aliphatic carbocycles. The predicted octanol–water partition coefficient (Wildman–Crippen LogP) is 2.06. The minimum absolute atomic E-state index is 0.410. The Morgan fingerprint density at radius 2 is 1.82 bits per heavy atom. The average Bonchev–Trinajstić information content (AvgIpc) is 2.70. The monoisotopic (exact) mass is 230 g/mol. The van der Waals surface area contributed by atoms with E-state index in [9.17, 15) is 0 Å². The molecule has 4 nitrogen and oxygen atoms in total. The lowest BCUT2D eigenvalue weighted by Gasteiger charge is -2.07. The van der Waals surface area contributed by atoms with Crippen LogP contribution in [0.3, 0.4) is 0 Å². The van der Waals surface area contributed by atoms with E-state index in [1.165, 1.54) is 5.56 Å². The fourth-order valence-electron chi connectivity index (χ4n) is 1.81. The summed E-state index contributed by atoms with van der Waals surface area (Å²) in [6.45, 7) is 4.78.